The van der Waals surface area contributed by atoms with Crippen LogP contribution < -0.4 is 4.72 Å². The smallest absolute Gasteiger partial charge is 0.261 e. The average Bonchev–Trinajstić information content (AvgIpc) is 2.75. The van der Waals surface area contributed by atoms with E-state index >= 15 is 0 Å². The fraction of sp³-hybridized carbons (Fsp3) is 0.208. The molecule has 0 bridgehead atoms. The van der Waals surface area contributed by atoms with Crippen molar-refractivity contribution in [3.05, 3.63) is 95.3 Å². The van der Waals surface area contributed by atoms with E-state index in [1.54, 1.807) is 49.5 Å². The molecule has 0 saturated carbocycles. The Morgan fingerprint density at radius 1 is 0.968 bits per heavy atom. The molecule has 0 aromatic heterocycles. The number of carbonyl (C=O) groups excluding carboxylic acids is 1. The highest BCUT2D eigenvalue weighted by atomic mass is 32.2. The Morgan fingerprint density at radius 2 is 1.61 bits per heavy atom. The molecule has 0 radical (unpaired) electrons. The minimum absolute atomic E-state index is 0.110. The van der Waals surface area contributed by atoms with E-state index in [2.05, 4.69) is 4.72 Å². The van der Waals surface area contributed by atoms with Crippen LogP contribution in [0.4, 0.5) is 10.1 Å². The first-order valence-electron chi connectivity index (χ1n) is 9.90. The molecule has 0 fully saturated rings. The maximum absolute atomic E-state index is 13.8. The Balaban J connectivity index is 1.56. The molecular formula is C24H25FN2O3S. The van der Waals surface area contributed by atoms with Crippen molar-refractivity contribution in [1.29, 1.82) is 0 Å². The summed E-state index contributed by atoms with van der Waals surface area (Å²) in [7, 11) is -2.05. The quantitative estimate of drug-likeness (QED) is 0.560. The second kappa shape index (κ2) is 9.75. The zero-order valence-electron chi connectivity index (χ0n) is 17.5. The summed E-state index contributed by atoms with van der Waals surface area (Å²) in [6.45, 7) is 2.13. The number of aryl methyl sites for hydroxylation is 2. The number of rotatable bonds is 8. The van der Waals surface area contributed by atoms with Crippen LogP contribution in [0.25, 0.3) is 0 Å². The summed E-state index contributed by atoms with van der Waals surface area (Å²) in [5, 5.41) is 0. The van der Waals surface area contributed by atoms with E-state index in [0.29, 0.717) is 17.7 Å². The summed E-state index contributed by atoms with van der Waals surface area (Å²) >= 11 is 0. The predicted molar refractivity (Wildman–Crippen MR) is 120 cm³/mol. The van der Waals surface area contributed by atoms with Crippen molar-refractivity contribution in [1.82, 2.24) is 4.90 Å². The van der Waals surface area contributed by atoms with E-state index in [1.807, 2.05) is 19.1 Å². The van der Waals surface area contributed by atoms with Crippen LogP contribution in [0, 0.1) is 12.7 Å². The Labute approximate surface area is 182 Å². The lowest BCUT2D eigenvalue weighted by Gasteiger charge is -2.17. The molecule has 1 amide bonds. The second-order valence-corrected chi connectivity index (χ2v) is 9.14. The third kappa shape index (κ3) is 6.15. The summed E-state index contributed by atoms with van der Waals surface area (Å²) in [4.78, 5) is 14.0. The van der Waals surface area contributed by atoms with Gasteiger partial charge in [0.15, 0.2) is 0 Å². The van der Waals surface area contributed by atoms with Gasteiger partial charge < -0.3 is 4.90 Å². The summed E-state index contributed by atoms with van der Waals surface area (Å²) in [6.07, 6.45) is 0.713. The monoisotopic (exact) mass is 440 g/mol. The standard InChI is InChI=1S/C24H25FN2O3S/c1-18-7-12-21(13-8-18)26-31(29,30)22-14-9-19(10-15-22)11-16-24(28)27(2)17-20-5-3-4-6-23(20)25/h3-10,12-15,26H,11,16-17H2,1-2H3. The van der Waals surface area contributed by atoms with Gasteiger partial charge in [-0.2, -0.15) is 0 Å². The molecule has 31 heavy (non-hydrogen) atoms. The number of sulfonamides is 1. The molecule has 0 heterocycles. The fourth-order valence-electron chi connectivity index (χ4n) is 3.08. The Hall–Kier alpha value is -3.19. The summed E-state index contributed by atoms with van der Waals surface area (Å²) < 4.78 is 41.4. The van der Waals surface area contributed by atoms with E-state index in [4.69, 9.17) is 0 Å². The van der Waals surface area contributed by atoms with E-state index in [0.717, 1.165) is 11.1 Å². The topological polar surface area (TPSA) is 66.5 Å². The van der Waals surface area contributed by atoms with Crippen LogP contribution >= 0.6 is 0 Å². The molecule has 162 valence electrons. The lowest BCUT2D eigenvalue weighted by molar-refractivity contribution is -0.130. The molecule has 1 N–H and O–H groups in total. The van der Waals surface area contributed by atoms with Crippen molar-refractivity contribution in [3.63, 3.8) is 0 Å². The molecule has 3 rings (SSSR count). The highest BCUT2D eigenvalue weighted by Gasteiger charge is 2.15. The van der Waals surface area contributed by atoms with Gasteiger partial charge in [0, 0.05) is 31.3 Å². The largest absolute Gasteiger partial charge is 0.341 e. The van der Waals surface area contributed by atoms with Crippen LogP contribution in [0.2, 0.25) is 0 Å². The van der Waals surface area contributed by atoms with Crippen molar-refractivity contribution in [3.8, 4) is 0 Å². The highest BCUT2D eigenvalue weighted by Crippen LogP contribution is 2.18. The van der Waals surface area contributed by atoms with Gasteiger partial charge in [-0.1, -0.05) is 48.0 Å². The molecule has 3 aromatic rings. The van der Waals surface area contributed by atoms with Crippen molar-refractivity contribution < 1.29 is 17.6 Å². The Bertz CT molecular complexity index is 1140. The van der Waals surface area contributed by atoms with E-state index in [1.165, 1.54) is 23.1 Å². The lowest BCUT2D eigenvalue weighted by atomic mass is 10.1. The van der Waals surface area contributed by atoms with Gasteiger partial charge in [0.2, 0.25) is 5.91 Å². The highest BCUT2D eigenvalue weighted by molar-refractivity contribution is 7.92. The third-order valence-electron chi connectivity index (χ3n) is 4.96. The van der Waals surface area contributed by atoms with Gasteiger partial charge in [0.25, 0.3) is 10.0 Å². The van der Waals surface area contributed by atoms with Gasteiger partial charge in [-0.05, 0) is 49.2 Å². The average molecular weight is 441 g/mol. The van der Waals surface area contributed by atoms with Gasteiger partial charge in [-0.15, -0.1) is 0 Å². The summed E-state index contributed by atoms with van der Waals surface area (Å²) in [6, 6.07) is 19.9. The minimum atomic E-state index is -3.69. The maximum atomic E-state index is 13.8. The Kier molecular flexibility index (Phi) is 7.07. The van der Waals surface area contributed by atoms with Crippen molar-refractivity contribution in [2.75, 3.05) is 11.8 Å². The molecule has 0 aliphatic rings. The van der Waals surface area contributed by atoms with Crippen molar-refractivity contribution in [2.24, 2.45) is 0 Å². The van der Waals surface area contributed by atoms with Crippen LogP contribution in [0.15, 0.2) is 77.7 Å². The van der Waals surface area contributed by atoms with Crippen LogP contribution in [-0.2, 0) is 27.8 Å². The third-order valence-corrected chi connectivity index (χ3v) is 6.35. The van der Waals surface area contributed by atoms with Gasteiger partial charge in [-0.25, -0.2) is 12.8 Å². The first-order chi connectivity index (χ1) is 14.7. The van der Waals surface area contributed by atoms with Gasteiger partial charge in [0.1, 0.15) is 5.82 Å². The molecule has 0 aliphatic carbocycles. The summed E-state index contributed by atoms with van der Waals surface area (Å²) in [5.41, 5.74) is 2.86. The van der Waals surface area contributed by atoms with Gasteiger partial charge >= 0.3 is 0 Å². The second-order valence-electron chi connectivity index (χ2n) is 7.46. The van der Waals surface area contributed by atoms with Crippen LogP contribution in [0.3, 0.4) is 0 Å². The molecular weight excluding hydrogens is 415 g/mol. The van der Waals surface area contributed by atoms with Crippen LogP contribution in [-0.4, -0.2) is 26.3 Å². The zero-order valence-corrected chi connectivity index (χ0v) is 18.3. The summed E-state index contributed by atoms with van der Waals surface area (Å²) in [5.74, 6) is -0.445. The molecule has 0 saturated heterocycles. The number of amides is 1. The number of hydrogen-bond donors (Lipinski definition) is 1. The number of hydrogen-bond acceptors (Lipinski definition) is 3. The predicted octanol–water partition coefficient (Wildman–Crippen LogP) is 4.53. The van der Waals surface area contributed by atoms with E-state index < -0.39 is 10.0 Å². The number of anilines is 1. The number of halogens is 1. The lowest BCUT2D eigenvalue weighted by Crippen LogP contribution is -2.26. The maximum Gasteiger partial charge on any atom is 0.261 e. The number of nitrogens with one attached hydrogen (secondary N) is 1. The van der Waals surface area contributed by atoms with Crippen molar-refractivity contribution in [2.45, 2.75) is 31.2 Å². The number of nitrogens with zero attached hydrogens (tertiary/aromatic N) is 1. The molecule has 0 aliphatic heterocycles. The number of benzene rings is 3. The minimum Gasteiger partial charge on any atom is -0.341 e. The van der Waals surface area contributed by atoms with Crippen LogP contribution in [0.1, 0.15) is 23.1 Å². The molecule has 0 spiro atoms. The molecule has 3 aromatic carbocycles. The number of carbonyl (C=O) groups is 1. The van der Waals surface area contributed by atoms with Crippen molar-refractivity contribution >= 4 is 21.6 Å². The zero-order chi connectivity index (χ0) is 22.4. The normalized spacial score (nSPS) is 11.2. The van der Waals surface area contributed by atoms with Gasteiger partial charge in [-0.3, -0.25) is 9.52 Å². The first-order valence-corrected chi connectivity index (χ1v) is 11.4. The first kappa shape index (κ1) is 22.5. The van der Waals surface area contributed by atoms with Crippen LogP contribution in [0.5, 0.6) is 0 Å². The van der Waals surface area contributed by atoms with E-state index in [9.17, 15) is 17.6 Å². The fourth-order valence-corrected chi connectivity index (χ4v) is 4.14. The Morgan fingerprint density at radius 3 is 2.26 bits per heavy atom. The SMILES string of the molecule is Cc1ccc(NS(=O)(=O)c2ccc(CCC(=O)N(C)Cc3ccccc3F)cc2)cc1. The molecule has 5 nitrogen and oxygen atoms in total. The van der Waals surface area contributed by atoms with E-state index in [-0.39, 0.29) is 29.6 Å². The van der Waals surface area contributed by atoms with Gasteiger partial charge in [0.05, 0.1) is 4.90 Å². The molecule has 7 heteroatoms. The molecule has 0 atom stereocenters. The molecule has 0 unspecified atom stereocenters.